The van der Waals surface area contributed by atoms with Crippen LogP contribution >= 0.6 is 0 Å². The third kappa shape index (κ3) is 3.59. The number of carbonyl (C=O) groups excluding carboxylic acids is 2. The van der Waals surface area contributed by atoms with E-state index in [9.17, 15) is 9.59 Å². The Balaban J connectivity index is 2.78. The average Bonchev–Trinajstić information content (AvgIpc) is 2.28. The van der Waals surface area contributed by atoms with Crippen LogP contribution in [-0.4, -0.2) is 24.3 Å². The van der Waals surface area contributed by atoms with Gasteiger partial charge >= 0.3 is 0 Å². The van der Waals surface area contributed by atoms with Gasteiger partial charge < -0.3 is 4.74 Å². The summed E-state index contributed by atoms with van der Waals surface area (Å²) in [6.07, 6.45) is -0.508. The second-order valence-electron chi connectivity index (χ2n) is 3.58. The highest BCUT2D eigenvalue weighted by molar-refractivity contribution is 6.01. The van der Waals surface area contributed by atoms with Gasteiger partial charge in [-0.05, 0) is 13.8 Å². The van der Waals surface area contributed by atoms with Crippen LogP contribution in [0, 0.1) is 0 Å². The highest BCUT2D eigenvalue weighted by Crippen LogP contribution is 2.10. The molecule has 1 rings (SSSR count). The van der Waals surface area contributed by atoms with Crippen LogP contribution in [0.2, 0.25) is 0 Å². The fraction of sp³-hybridized carbons (Fsp3) is 0.385. The molecule has 3 nitrogen and oxygen atoms in total. The van der Waals surface area contributed by atoms with Gasteiger partial charge in [0.15, 0.2) is 5.78 Å². The molecular weight excluding hydrogens is 204 g/mol. The molecular formula is C13H16O3. The number of Topliss-reactive ketones (excluding diaryl/α,β-unsaturated/α-hetero) is 2. The summed E-state index contributed by atoms with van der Waals surface area (Å²) >= 11 is 0. The molecule has 0 N–H and O–H groups in total. The maximum atomic E-state index is 12.0. The van der Waals surface area contributed by atoms with Gasteiger partial charge in [0.25, 0.3) is 0 Å². The van der Waals surface area contributed by atoms with E-state index in [-0.39, 0.29) is 18.0 Å². The molecule has 0 amide bonds. The predicted molar refractivity (Wildman–Crippen MR) is 61.5 cm³/mol. The molecule has 0 radical (unpaired) electrons. The van der Waals surface area contributed by atoms with Gasteiger partial charge in [0.05, 0.1) is 0 Å². The van der Waals surface area contributed by atoms with Crippen LogP contribution < -0.4 is 0 Å². The lowest BCUT2D eigenvalue weighted by atomic mass is 10.0. The molecule has 86 valence electrons. The van der Waals surface area contributed by atoms with E-state index < -0.39 is 6.10 Å². The lowest BCUT2D eigenvalue weighted by molar-refractivity contribution is -0.119. The zero-order valence-corrected chi connectivity index (χ0v) is 9.60. The molecule has 0 bridgehead atoms. The second-order valence-corrected chi connectivity index (χ2v) is 3.58. The van der Waals surface area contributed by atoms with Gasteiger partial charge in [-0.25, -0.2) is 0 Å². The summed E-state index contributed by atoms with van der Waals surface area (Å²) in [7, 11) is 0. The summed E-state index contributed by atoms with van der Waals surface area (Å²) in [4.78, 5) is 23.0. The van der Waals surface area contributed by atoms with Crippen molar-refractivity contribution in [3.63, 3.8) is 0 Å². The monoisotopic (exact) mass is 220 g/mol. The van der Waals surface area contributed by atoms with E-state index in [4.69, 9.17) is 4.74 Å². The van der Waals surface area contributed by atoms with Crippen molar-refractivity contribution in [3.8, 4) is 0 Å². The predicted octanol–water partition coefficient (Wildman–Crippen LogP) is 2.25. The normalized spacial score (nSPS) is 12.1. The van der Waals surface area contributed by atoms with Crippen molar-refractivity contribution in [1.29, 1.82) is 0 Å². The summed E-state index contributed by atoms with van der Waals surface area (Å²) in [5.41, 5.74) is 0.585. The lowest BCUT2D eigenvalue weighted by Gasteiger charge is -2.14. The summed E-state index contributed by atoms with van der Waals surface area (Å²) < 4.78 is 5.30. The third-order valence-electron chi connectivity index (χ3n) is 2.19. The Kier molecular flexibility index (Phi) is 4.86. The van der Waals surface area contributed by atoms with Gasteiger partial charge in [-0.1, -0.05) is 30.3 Å². The molecule has 0 saturated heterocycles. The molecule has 0 spiro atoms. The standard InChI is InChI=1S/C13H16O3/c1-3-16-12(9-10(2)14)13(15)11-7-5-4-6-8-11/h4-8,12H,3,9H2,1-2H3. The first-order chi connectivity index (χ1) is 7.65. The SMILES string of the molecule is CCOC(CC(C)=O)C(=O)c1ccccc1. The molecule has 0 saturated carbocycles. The molecule has 1 atom stereocenters. The molecule has 0 aliphatic heterocycles. The number of ketones is 2. The molecule has 0 heterocycles. The smallest absolute Gasteiger partial charge is 0.191 e. The topological polar surface area (TPSA) is 43.4 Å². The number of rotatable bonds is 6. The lowest BCUT2D eigenvalue weighted by Crippen LogP contribution is -2.26. The highest BCUT2D eigenvalue weighted by Gasteiger charge is 2.21. The molecule has 1 unspecified atom stereocenters. The van der Waals surface area contributed by atoms with Crippen LogP contribution in [0.25, 0.3) is 0 Å². The Hall–Kier alpha value is -1.48. The molecule has 0 fully saturated rings. The maximum absolute atomic E-state index is 12.0. The minimum absolute atomic E-state index is 0.0391. The van der Waals surface area contributed by atoms with Crippen molar-refractivity contribution < 1.29 is 14.3 Å². The molecule has 16 heavy (non-hydrogen) atoms. The van der Waals surface area contributed by atoms with Gasteiger partial charge in [0.2, 0.25) is 0 Å². The Morgan fingerprint density at radius 2 is 1.88 bits per heavy atom. The van der Waals surface area contributed by atoms with Gasteiger partial charge in [-0.15, -0.1) is 0 Å². The Morgan fingerprint density at radius 3 is 2.38 bits per heavy atom. The fourth-order valence-corrected chi connectivity index (χ4v) is 1.48. The van der Waals surface area contributed by atoms with Crippen molar-refractivity contribution in [1.82, 2.24) is 0 Å². The summed E-state index contributed by atoms with van der Waals surface area (Å²) in [5, 5.41) is 0. The van der Waals surface area contributed by atoms with Gasteiger partial charge in [-0.3, -0.25) is 9.59 Å². The Bertz CT molecular complexity index is 357. The van der Waals surface area contributed by atoms with Crippen LogP contribution in [0.1, 0.15) is 30.6 Å². The zero-order chi connectivity index (χ0) is 12.0. The fourth-order valence-electron chi connectivity index (χ4n) is 1.48. The summed E-state index contributed by atoms with van der Waals surface area (Å²) in [5.74, 6) is -0.166. The molecule has 0 aliphatic rings. The number of ether oxygens (including phenoxy) is 1. The second kappa shape index (κ2) is 6.18. The maximum Gasteiger partial charge on any atom is 0.191 e. The van der Waals surface area contributed by atoms with Gasteiger partial charge in [0, 0.05) is 18.6 Å². The molecule has 0 aromatic heterocycles. The van der Waals surface area contributed by atoms with E-state index in [0.717, 1.165) is 0 Å². The van der Waals surface area contributed by atoms with E-state index in [2.05, 4.69) is 0 Å². The van der Waals surface area contributed by atoms with Crippen molar-refractivity contribution in [2.45, 2.75) is 26.4 Å². The van der Waals surface area contributed by atoms with Crippen LogP contribution in [-0.2, 0) is 9.53 Å². The molecule has 3 heteroatoms. The number of hydrogen-bond acceptors (Lipinski definition) is 3. The van der Waals surface area contributed by atoms with E-state index in [1.165, 1.54) is 6.92 Å². The molecule has 0 aliphatic carbocycles. The Labute approximate surface area is 95.4 Å². The van der Waals surface area contributed by atoms with Crippen molar-refractivity contribution in [2.75, 3.05) is 6.61 Å². The van der Waals surface area contributed by atoms with Crippen LogP contribution in [0.5, 0.6) is 0 Å². The van der Waals surface area contributed by atoms with E-state index in [1.807, 2.05) is 13.0 Å². The summed E-state index contributed by atoms with van der Waals surface area (Å²) in [6, 6.07) is 8.90. The first kappa shape index (κ1) is 12.6. The van der Waals surface area contributed by atoms with Crippen molar-refractivity contribution in [3.05, 3.63) is 35.9 Å². The molecule has 1 aromatic rings. The summed E-state index contributed by atoms with van der Waals surface area (Å²) in [6.45, 7) is 3.70. The van der Waals surface area contributed by atoms with Gasteiger partial charge in [-0.2, -0.15) is 0 Å². The van der Waals surface area contributed by atoms with Crippen LogP contribution in [0.15, 0.2) is 30.3 Å². The minimum Gasteiger partial charge on any atom is -0.370 e. The van der Waals surface area contributed by atoms with E-state index in [0.29, 0.717) is 12.2 Å². The van der Waals surface area contributed by atoms with Gasteiger partial charge in [0.1, 0.15) is 11.9 Å². The van der Waals surface area contributed by atoms with Crippen LogP contribution in [0.4, 0.5) is 0 Å². The van der Waals surface area contributed by atoms with Crippen LogP contribution in [0.3, 0.4) is 0 Å². The highest BCUT2D eigenvalue weighted by atomic mass is 16.5. The zero-order valence-electron chi connectivity index (χ0n) is 9.60. The Morgan fingerprint density at radius 1 is 1.25 bits per heavy atom. The largest absolute Gasteiger partial charge is 0.370 e. The molecule has 1 aromatic carbocycles. The van der Waals surface area contributed by atoms with Crippen molar-refractivity contribution >= 4 is 11.6 Å². The first-order valence-corrected chi connectivity index (χ1v) is 5.35. The third-order valence-corrected chi connectivity index (χ3v) is 2.19. The average molecular weight is 220 g/mol. The van der Waals surface area contributed by atoms with Crippen molar-refractivity contribution in [2.24, 2.45) is 0 Å². The number of carbonyl (C=O) groups is 2. The number of benzene rings is 1. The quantitative estimate of drug-likeness (QED) is 0.690. The van der Waals surface area contributed by atoms with E-state index in [1.54, 1.807) is 24.3 Å². The first-order valence-electron chi connectivity index (χ1n) is 5.35. The van der Waals surface area contributed by atoms with E-state index >= 15 is 0 Å². The minimum atomic E-state index is -0.648. The number of hydrogen-bond donors (Lipinski definition) is 0.